The Morgan fingerprint density at radius 3 is 2.47 bits per heavy atom. The highest BCUT2D eigenvalue weighted by Gasteiger charge is 2.17. The number of nitrogens with one attached hydrogen (secondary N) is 2. The van der Waals surface area contributed by atoms with Crippen LogP contribution in [0.5, 0.6) is 17.2 Å². The third kappa shape index (κ3) is 4.59. The number of para-hydroxylation sites is 2. The minimum absolute atomic E-state index is 0.211. The lowest BCUT2D eigenvalue weighted by Gasteiger charge is -2.16. The minimum Gasteiger partial charge on any atom is -0.508 e. The number of aromatic nitrogens is 2. The zero-order valence-corrected chi connectivity index (χ0v) is 17.8. The van der Waals surface area contributed by atoms with Crippen molar-refractivity contribution in [1.82, 2.24) is 9.97 Å². The molecule has 0 spiro atoms. The van der Waals surface area contributed by atoms with Gasteiger partial charge in [0.05, 0.1) is 5.52 Å². The first-order chi connectivity index (χ1) is 15.7. The van der Waals surface area contributed by atoms with Gasteiger partial charge < -0.3 is 20.5 Å². The molecule has 1 heterocycles. The molecular weight excluding hydrogens is 400 g/mol. The van der Waals surface area contributed by atoms with Crippen LogP contribution in [0.25, 0.3) is 10.9 Å². The first-order valence-electron chi connectivity index (χ1n) is 11.1. The van der Waals surface area contributed by atoms with Gasteiger partial charge in [-0.25, -0.2) is 4.98 Å². The Balaban J connectivity index is 1.37. The van der Waals surface area contributed by atoms with Crippen LogP contribution < -0.4 is 15.4 Å². The van der Waals surface area contributed by atoms with Crippen molar-refractivity contribution in [2.24, 2.45) is 0 Å². The minimum atomic E-state index is 0.211. The molecule has 1 aliphatic carbocycles. The Bertz CT molecular complexity index is 1200. The molecule has 0 bridgehead atoms. The molecule has 0 unspecified atom stereocenters. The maximum atomic E-state index is 9.49. The largest absolute Gasteiger partial charge is 0.508 e. The third-order valence-electron chi connectivity index (χ3n) is 5.77. The van der Waals surface area contributed by atoms with Gasteiger partial charge in [-0.2, -0.15) is 4.98 Å². The van der Waals surface area contributed by atoms with E-state index in [1.807, 2.05) is 42.5 Å². The second-order valence-electron chi connectivity index (χ2n) is 8.10. The zero-order chi connectivity index (χ0) is 21.8. The Labute approximate surface area is 187 Å². The summed E-state index contributed by atoms with van der Waals surface area (Å²) < 4.78 is 6.03. The van der Waals surface area contributed by atoms with E-state index in [-0.39, 0.29) is 5.75 Å². The van der Waals surface area contributed by atoms with Gasteiger partial charge in [0.2, 0.25) is 5.95 Å². The summed E-state index contributed by atoms with van der Waals surface area (Å²) in [5.74, 6) is 3.10. The van der Waals surface area contributed by atoms with E-state index in [2.05, 4.69) is 16.7 Å². The first kappa shape index (κ1) is 20.1. The van der Waals surface area contributed by atoms with Gasteiger partial charge in [-0.3, -0.25) is 0 Å². The van der Waals surface area contributed by atoms with Crippen molar-refractivity contribution < 1.29 is 9.84 Å². The van der Waals surface area contributed by atoms with Gasteiger partial charge in [0.15, 0.2) is 0 Å². The van der Waals surface area contributed by atoms with Gasteiger partial charge in [0, 0.05) is 23.5 Å². The highest BCUT2D eigenvalue weighted by molar-refractivity contribution is 5.90. The molecule has 0 aliphatic heterocycles. The van der Waals surface area contributed by atoms with Crippen molar-refractivity contribution >= 4 is 22.7 Å². The van der Waals surface area contributed by atoms with Crippen molar-refractivity contribution in [2.75, 3.05) is 10.6 Å². The van der Waals surface area contributed by atoms with Gasteiger partial charge in [0.1, 0.15) is 23.1 Å². The molecule has 0 atom stereocenters. The Morgan fingerprint density at radius 1 is 0.875 bits per heavy atom. The Kier molecular flexibility index (Phi) is 5.75. The topological polar surface area (TPSA) is 79.3 Å². The summed E-state index contributed by atoms with van der Waals surface area (Å²) in [4.78, 5) is 9.52. The standard InChI is InChI=1S/C26H26N4O2/c31-20-13-15-21(16-14-20)32-24-12-6-1-7-18(24)17-27-26-29-23-11-5-4-10-22(23)25(30-26)28-19-8-2-3-9-19/h1,4-7,10-16,19,31H,2-3,8-9,17H2,(H2,27,28,29,30). The molecule has 1 fully saturated rings. The van der Waals surface area contributed by atoms with Crippen LogP contribution in [0.4, 0.5) is 11.8 Å². The fourth-order valence-electron chi connectivity index (χ4n) is 4.09. The number of phenolic OH excluding ortho intramolecular Hbond substituents is 1. The molecule has 5 rings (SSSR count). The van der Waals surface area contributed by atoms with Crippen molar-refractivity contribution in [3.05, 3.63) is 78.4 Å². The van der Waals surface area contributed by atoms with Crippen LogP contribution in [0.3, 0.4) is 0 Å². The smallest absolute Gasteiger partial charge is 0.225 e. The molecule has 0 saturated heterocycles. The van der Waals surface area contributed by atoms with E-state index in [4.69, 9.17) is 14.7 Å². The second kappa shape index (κ2) is 9.14. The molecule has 162 valence electrons. The lowest BCUT2D eigenvalue weighted by molar-refractivity contribution is 0.462. The van der Waals surface area contributed by atoms with E-state index in [1.54, 1.807) is 24.3 Å². The summed E-state index contributed by atoms with van der Waals surface area (Å²) in [7, 11) is 0. The fraction of sp³-hybridized carbons (Fsp3) is 0.231. The molecular formula is C26H26N4O2. The average Bonchev–Trinajstić information content (AvgIpc) is 3.33. The zero-order valence-electron chi connectivity index (χ0n) is 17.8. The summed E-state index contributed by atoms with van der Waals surface area (Å²) in [6.07, 6.45) is 4.90. The monoisotopic (exact) mass is 426 g/mol. The van der Waals surface area contributed by atoms with Gasteiger partial charge in [-0.05, 0) is 55.3 Å². The number of rotatable bonds is 7. The second-order valence-corrected chi connectivity index (χ2v) is 8.10. The molecule has 1 aliphatic rings. The van der Waals surface area contributed by atoms with Gasteiger partial charge in [0.25, 0.3) is 0 Å². The summed E-state index contributed by atoms with van der Waals surface area (Å²) in [6.45, 7) is 0.523. The van der Waals surface area contributed by atoms with Crippen molar-refractivity contribution in [2.45, 2.75) is 38.3 Å². The number of hydrogen-bond donors (Lipinski definition) is 3. The molecule has 0 amide bonds. The molecule has 6 heteroatoms. The summed E-state index contributed by atoms with van der Waals surface area (Å²) in [5.41, 5.74) is 1.90. The molecule has 0 radical (unpaired) electrons. The van der Waals surface area contributed by atoms with Crippen molar-refractivity contribution in [3.8, 4) is 17.2 Å². The highest BCUT2D eigenvalue weighted by Crippen LogP contribution is 2.29. The Hall–Kier alpha value is -3.80. The van der Waals surface area contributed by atoms with E-state index in [0.717, 1.165) is 28.0 Å². The average molecular weight is 427 g/mol. The number of nitrogens with zero attached hydrogens (tertiary/aromatic N) is 2. The molecule has 3 aromatic carbocycles. The van der Waals surface area contributed by atoms with Gasteiger partial charge in [-0.15, -0.1) is 0 Å². The number of aromatic hydroxyl groups is 1. The van der Waals surface area contributed by atoms with Crippen molar-refractivity contribution in [3.63, 3.8) is 0 Å². The van der Waals surface area contributed by atoms with E-state index < -0.39 is 0 Å². The lowest BCUT2D eigenvalue weighted by atomic mass is 10.2. The predicted molar refractivity (Wildman–Crippen MR) is 127 cm³/mol. The van der Waals surface area contributed by atoms with Crippen LogP contribution in [0.15, 0.2) is 72.8 Å². The van der Waals surface area contributed by atoms with Gasteiger partial charge >= 0.3 is 0 Å². The molecule has 4 aromatic rings. The number of fused-ring (bicyclic) bond motifs is 1. The number of hydrogen-bond acceptors (Lipinski definition) is 6. The quantitative estimate of drug-likeness (QED) is 0.332. The first-order valence-corrected chi connectivity index (χ1v) is 11.1. The molecule has 6 nitrogen and oxygen atoms in total. The number of benzene rings is 3. The molecule has 1 saturated carbocycles. The van der Waals surface area contributed by atoms with Crippen LogP contribution >= 0.6 is 0 Å². The van der Waals surface area contributed by atoms with E-state index in [9.17, 15) is 5.11 Å². The maximum absolute atomic E-state index is 9.49. The molecule has 32 heavy (non-hydrogen) atoms. The Morgan fingerprint density at radius 2 is 1.62 bits per heavy atom. The number of anilines is 2. The van der Waals surface area contributed by atoms with E-state index >= 15 is 0 Å². The lowest BCUT2D eigenvalue weighted by Crippen LogP contribution is -2.17. The van der Waals surface area contributed by atoms with E-state index in [0.29, 0.717) is 24.3 Å². The van der Waals surface area contributed by atoms with Crippen LogP contribution in [0, 0.1) is 0 Å². The number of phenols is 1. The van der Waals surface area contributed by atoms with Crippen molar-refractivity contribution in [1.29, 1.82) is 0 Å². The van der Waals surface area contributed by atoms with Gasteiger partial charge in [-0.1, -0.05) is 43.2 Å². The molecule has 1 aromatic heterocycles. The number of ether oxygens (including phenoxy) is 1. The van der Waals surface area contributed by atoms with Crippen LogP contribution in [-0.2, 0) is 6.54 Å². The van der Waals surface area contributed by atoms with Crippen LogP contribution in [0.1, 0.15) is 31.2 Å². The SMILES string of the molecule is Oc1ccc(Oc2ccccc2CNc2nc(NC3CCCC3)c3ccccc3n2)cc1. The normalized spacial score (nSPS) is 13.9. The predicted octanol–water partition coefficient (Wildman–Crippen LogP) is 6.09. The van der Waals surface area contributed by atoms with E-state index in [1.165, 1.54) is 25.7 Å². The maximum Gasteiger partial charge on any atom is 0.225 e. The van der Waals surface area contributed by atoms with Crippen LogP contribution in [0.2, 0.25) is 0 Å². The summed E-state index contributed by atoms with van der Waals surface area (Å²) in [5, 5.41) is 17.5. The highest BCUT2D eigenvalue weighted by atomic mass is 16.5. The molecule has 3 N–H and O–H groups in total. The summed E-state index contributed by atoms with van der Waals surface area (Å²) >= 11 is 0. The third-order valence-corrected chi connectivity index (χ3v) is 5.77. The van der Waals surface area contributed by atoms with Crippen LogP contribution in [-0.4, -0.2) is 21.1 Å². The summed E-state index contributed by atoms with van der Waals surface area (Å²) in [6, 6.07) is 23.1. The fourth-order valence-corrected chi connectivity index (χ4v) is 4.09.